The van der Waals surface area contributed by atoms with Crippen molar-refractivity contribution >= 4 is 11.8 Å². The standard InChI is InChI=1S/C27H29NO4/c1-17-23(26(31)32-13-12-18-8-5-4-6-9-18)24(19-10-7-11-20(29)14-19)25-21(28-17)15-27(2,3)16-22(25)30/h4-11,14,24,28-29H,12-13,15-16H2,1-3H3/t24-/m0/s1. The van der Waals surface area contributed by atoms with Crippen molar-refractivity contribution in [2.75, 3.05) is 6.61 Å². The molecule has 5 heteroatoms. The number of hydrogen-bond acceptors (Lipinski definition) is 5. The van der Waals surface area contributed by atoms with Gasteiger partial charge in [-0.1, -0.05) is 56.3 Å². The number of ether oxygens (including phenoxy) is 1. The van der Waals surface area contributed by atoms with Crippen LogP contribution in [0, 0.1) is 5.41 Å². The Bertz CT molecular complexity index is 1110. The summed E-state index contributed by atoms with van der Waals surface area (Å²) in [6, 6.07) is 16.6. The van der Waals surface area contributed by atoms with Gasteiger partial charge in [0.15, 0.2) is 5.78 Å². The molecule has 0 saturated heterocycles. The second-order valence-electron chi connectivity index (χ2n) is 9.40. The number of benzene rings is 2. The lowest BCUT2D eigenvalue weighted by molar-refractivity contribution is -0.139. The molecule has 2 aromatic rings. The third kappa shape index (κ3) is 4.47. The van der Waals surface area contributed by atoms with Crippen molar-refractivity contribution in [3.8, 4) is 5.75 Å². The van der Waals surface area contributed by atoms with Crippen LogP contribution in [0.25, 0.3) is 0 Å². The number of phenolic OH excluding ortho intramolecular Hbond substituents is 1. The maximum absolute atomic E-state index is 13.3. The Morgan fingerprint density at radius 1 is 1.12 bits per heavy atom. The van der Waals surface area contributed by atoms with Gasteiger partial charge in [0.2, 0.25) is 0 Å². The van der Waals surface area contributed by atoms with Crippen molar-refractivity contribution in [3.63, 3.8) is 0 Å². The van der Waals surface area contributed by atoms with Gasteiger partial charge in [0.25, 0.3) is 0 Å². The van der Waals surface area contributed by atoms with E-state index in [-0.39, 0.29) is 23.6 Å². The molecule has 0 fully saturated rings. The predicted octanol–water partition coefficient (Wildman–Crippen LogP) is 4.78. The van der Waals surface area contributed by atoms with Crippen molar-refractivity contribution < 1.29 is 19.4 Å². The van der Waals surface area contributed by atoms with Crippen LogP contribution in [0.5, 0.6) is 5.75 Å². The van der Waals surface area contributed by atoms with E-state index in [9.17, 15) is 14.7 Å². The zero-order chi connectivity index (χ0) is 22.9. The maximum Gasteiger partial charge on any atom is 0.336 e. The van der Waals surface area contributed by atoms with Gasteiger partial charge in [-0.15, -0.1) is 0 Å². The lowest BCUT2D eigenvalue weighted by atomic mass is 9.68. The summed E-state index contributed by atoms with van der Waals surface area (Å²) in [6.45, 7) is 6.25. The molecule has 0 bridgehead atoms. The molecule has 1 aliphatic carbocycles. The molecular weight excluding hydrogens is 402 g/mol. The molecule has 0 aromatic heterocycles. The minimum atomic E-state index is -0.564. The van der Waals surface area contributed by atoms with Gasteiger partial charge >= 0.3 is 5.97 Å². The molecule has 0 saturated carbocycles. The molecule has 2 aromatic carbocycles. The number of ketones is 1. The number of Topliss-reactive ketones (excluding diaryl/α,β-unsaturated/α-hetero) is 1. The van der Waals surface area contributed by atoms with Crippen molar-refractivity contribution in [2.45, 2.75) is 46.0 Å². The monoisotopic (exact) mass is 431 g/mol. The van der Waals surface area contributed by atoms with Gasteiger partial charge in [0, 0.05) is 35.7 Å². The van der Waals surface area contributed by atoms with Crippen LogP contribution in [-0.4, -0.2) is 23.5 Å². The summed E-state index contributed by atoms with van der Waals surface area (Å²) in [7, 11) is 0. The van der Waals surface area contributed by atoms with Crippen molar-refractivity contribution in [1.29, 1.82) is 0 Å². The fourth-order valence-electron chi connectivity index (χ4n) is 4.73. The van der Waals surface area contributed by atoms with E-state index in [1.54, 1.807) is 18.2 Å². The van der Waals surface area contributed by atoms with E-state index >= 15 is 0 Å². The van der Waals surface area contributed by atoms with Crippen LogP contribution in [-0.2, 0) is 20.7 Å². The number of esters is 1. The number of carbonyl (C=O) groups is 2. The smallest absolute Gasteiger partial charge is 0.336 e. The van der Waals surface area contributed by atoms with E-state index in [1.807, 2.05) is 43.3 Å². The summed E-state index contributed by atoms with van der Waals surface area (Å²) in [4.78, 5) is 26.5. The third-order valence-electron chi connectivity index (χ3n) is 6.13. The van der Waals surface area contributed by atoms with Gasteiger partial charge in [-0.2, -0.15) is 0 Å². The van der Waals surface area contributed by atoms with E-state index in [0.717, 1.165) is 17.7 Å². The number of dihydropyridines is 1. The topological polar surface area (TPSA) is 75.6 Å². The molecule has 2 N–H and O–H groups in total. The van der Waals surface area contributed by atoms with Crippen LogP contribution in [0.1, 0.15) is 50.7 Å². The number of phenols is 1. The Morgan fingerprint density at radius 2 is 1.88 bits per heavy atom. The zero-order valence-electron chi connectivity index (χ0n) is 18.8. The Hall–Kier alpha value is -3.34. The molecule has 2 aliphatic rings. The van der Waals surface area contributed by atoms with Crippen LogP contribution >= 0.6 is 0 Å². The quantitative estimate of drug-likeness (QED) is 0.666. The number of aromatic hydroxyl groups is 1. The van der Waals surface area contributed by atoms with Crippen LogP contribution in [0.2, 0.25) is 0 Å². The van der Waals surface area contributed by atoms with Gasteiger partial charge in [-0.3, -0.25) is 4.79 Å². The minimum Gasteiger partial charge on any atom is -0.508 e. The molecule has 5 nitrogen and oxygen atoms in total. The van der Waals surface area contributed by atoms with Gasteiger partial charge in [0.05, 0.1) is 12.2 Å². The Labute approximate surface area is 188 Å². The Morgan fingerprint density at radius 3 is 2.59 bits per heavy atom. The summed E-state index contributed by atoms with van der Waals surface area (Å²) in [5.41, 5.74) is 4.23. The zero-order valence-corrected chi connectivity index (χ0v) is 18.8. The molecule has 4 rings (SSSR count). The van der Waals surface area contributed by atoms with Crippen LogP contribution < -0.4 is 5.32 Å². The van der Waals surface area contributed by atoms with Gasteiger partial charge in [0.1, 0.15) is 5.75 Å². The first kappa shape index (κ1) is 21.9. The lowest BCUT2D eigenvalue weighted by Crippen LogP contribution is -2.38. The highest BCUT2D eigenvalue weighted by molar-refractivity contribution is 6.04. The van der Waals surface area contributed by atoms with Gasteiger partial charge in [-0.05, 0) is 42.0 Å². The largest absolute Gasteiger partial charge is 0.508 e. The molecule has 1 aliphatic heterocycles. The first-order valence-electron chi connectivity index (χ1n) is 11.0. The number of carbonyl (C=O) groups excluding carboxylic acids is 2. The van der Waals surface area contributed by atoms with E-state index in [2.05, 4.69) is 19.2 Å². The lowest BCUT2D eigenvalue weighted by Gasteiger charge is -2.39. The SMILES string of the molecule is CC1=C(C(=O)OCCc2ccccc2)[C@H](c2cccc(O)c2)C2=C(CC(C)(C)CC2=O)N1. The van der Waals surface area contributed by atoms with Crippen molar-refractivity contribution in [3.05, 3.63) is 88.3 Å². The molecule has 1 heterocycles. The highest BCUT2D eigenvalue weighted by Crippen LogP contribution is 2.47. The molecule has 0 radical (unpaired) electrons. The van der Waals surface area contributed by atoms with E-state index in [1.165, 1.54) is 0 Å². The van der Waals surface area contributed by atoms with Crippen molar-refractivity contribution in [2.24, 2.45) is 5.41 Å². The average Bonchev–Trinajstić information content (AvgIpc) is 2.72. The molecule has 166 valence electrons. The Kier molecular flexibility index (Phi) is 5.92. The molecule has 0 spiro atoms. The summed E-state index contributed by atoms with van der Waals surface area (Å²) < 4.78 is 5.66. The fourth-order valence-corrected chi connectivity index (χ4v) is 4.73. The average molecular weight is 432 g/mol. The molecular formula is C27H29NO4. The number of nitrogens with one attached hydrogen (secondary N) is 1. The second kappa shape index (κ2) is 8.65. The summed E-state index contributed by atoms with van der Waals surface area (Å²) in [5.74, 6) is -0.880. The molecule has 1 atom stereocenters. The Balaban J connectivity index is 1.67. The summed E-state index contributed by atoms with van der Waals surface area (Å²) in [6.07, 6.45) is 1.75. The number of hydrogen-bond donors (Lipinski definition) is 2. The molecule has 0 amide bonds. The highest BCUT2D eigenvalue weighted by atomic mass is 16.5. The predicted molar refractivity (Wildman–Crippen MR) is 123 cm³/mol. The van der Waals surface area contributed by atoms with E-state index in [4.69, 9.17) is 4.74 Å². The summed E-state index contributed by atoms with van der Waals surface area (Å²) in [5, 5.41) is 13.4. The summed E-state index contributed by atoms with van der Waals surface area (Å²) >= 11 is 0. The fraction of sp³-hybridized carbons (Fsp3) is 0.333. The van der Waals surface area contributed by atoms with Crippen LogP contribution in [0.3, 0.4) is 0 Å². The van der Waals surface area contributed by atoms with Crippen LogP contribution in [0.15, 0.2) is 77.1 Å². The maximum atomic E-state index is 13.3. The minimum absolute atomic E-state index is 0.0270. The third-order valence-corrected chi connectivity index (χ3v) is 6.13. The first-order valence-corrected chi connectivity index (χ1v) is 11.0. The van der Waals surface area contributed by atoms with E-state index < -0.39 is 11.9 Å². The normalized spacial score (nSPS) is 20.0. The number of rotatable bonds is 5. The van der Waals surface area contributed by atoms with Gasteiger partial charge < -0.3 is 15.2 Å². The first-order chi connectivity index (χ1) is 15.2. The van der Waals surface area contributed by atoms with E-state index in [0.29, 0.717) is 35.2 Å². The van der Waals surface area contributed by atoms with Crippen LogP contribution in [0.4, 0.5) is 0 Å². The van der Waals surface area contributed by atoms with Crippen molar-refractivity contribution in [1.82, 2.24) is 5.32 Å². The van der Waals surface area contributed by atoms with Gasteiger partial charge in [-0.25, -0.2) is 4.79 Å². The molecule has 0 unspecified atom stereocenters. The second-order valence-corrected chi connectivity index (χ2v) is 9.40. The number of allylic oxidation sites excluding steroid dienone is 3. The highest BCUT2D eigenvalue weighted by Gasteiger charge is 2.43. The molecule has 32 heavy (non-hydrogen) atoms.